The second-order valence-corrected chi connectivity index (χ2v) is 5.61. The number of primary amides is 1. The topological polar surface area (TPSA) is 120 Å². The Morgan fingerprint density at radius 2 is 2.20 bits per heavy atom. The minimum absolute atomic E-state index is 0.00127. The van der Waals surface area contributed by atoms with E-state index in [2.05, 4.69) is 14.8 Å². The van der Waals surface area contributed by atoms with Crippen LogP contribution in [0.5, 0.6) is 0 Å². The first-order valence-electron chi connectivity index (χ1n) is 5.73. The van der Waals surface area contributed by atoms with Crippen molar-refractivity contribution in [3.63, 3.8) is 0 Å². The zero-order valence-corrected chi connectivity index (χ0v) is 11.5. The molecule has 2 rings (SSSR count). The van der Waals surface area contributed by atoms with Crippen molar-refractivity contribution in [3.8, 4) is 0 Å². The van der Waals surface area contributed by atoms with Crippen LogP contribution in [0.15, 0.2) is 35.7 Å². The van der Waals surface area contributed by atoms with Crippen molar-refractivity contribution in [1.29, 1.82) is 0 Å². The molecule has 0 saturated heterocycles. The number of sulfonamides is 1. The Balaban J connectivity index is 2.36. The highest BCUT2D eigenvalue weighted by atomic mass is 32.2. The largest absolute Gasteiger partial charge is 0.366 e. The molecule has 0 unspecified atom stereocenters. The molecule has 0 aliphatic rings. The van der Waals surface area contributed by atoms with Gasteiger partial charge in [-0.1, -0.05) is 0 Å². The molecule has 2 aromatic rings. The lowest BCUT2D eigenvalue weighted by molar-refractivity contribution is 0.100. The number of aromatic nitrogens is 3. The molecule has 0 fully saturated rings. The van der Waals surface area contributed by atoms with Gasteiger partial charge in [-0.25, -0.2) is 8.42 Å². The highest BCUT2D eigenvalue weighted by Crippen LogP contribution is 2.18. The molecule has 0 radical (unpaired) electrons. The summed E-state index contributed by atoms with van der Waals surface area (Å²) in [7, 11) is -3.84. The average Bonchev–Trinajstić information content (AvgIpc) is 2.88. The van der Waals surface area contributed by atoms with Gasteiger partial charge in [0.25, 0.3) is 15.9 Å². The summed E-state index contributed by atoms with van der Waals surface area (Å²) in [6.07, 6.45) is 5.20. The van der Waals surface area contributed by atoms with Gasteiger partial charge in [0.15, 0.2) is 0 Å². The molecule has 0 aliphatic carbocycles. The van der Waals surface area contributed by atoms with E-state index in [9.17, 15) is 13.2 Å². The maximum Gasteiger partial charge on any atom is 0.265 e. The monoisotopic (exact) mass is 295 g/mol. The summed E-state index contributed by atoms with van der Waals surface area (Å²) in [5, 5.41) is 3.89. The quantitative estimate of drug-likeness (QED) is 0.816. The first kappa shape index (κ1) is 14.0. The highest BCUT2D eigenvalue weighted by molar-refractivity contribution is 7.92. The number of carbonyl (C=O) groups excluding carboxylic acids is 1. The van der Waals surface area contributed by atoms with E-state index in [4.69, 9.17) is 5.73 Å². The van der Waals surface area contributed by atoms with Crippen LogP contribution in [-0.4, -0.2) is 29.1 Å². The molecular weight excluding hydrogens is 282 g/mol. The molecule has 0 aromatic carbocycles. The Morgan fingerprint density at radius 3 is 2.80 bits per heavy atom. The van der Waals surface area contributed by atoms with Crippen LogP contribution in [-0.2, 0) is 16.6 Å². The SMILES string of the molecule is CCn1cc(S(=O)(=O)Nc2cnccc2C(N)=O)cn1. The smallest absolute Gasteiger partial charge is 0.265 e. The van der Waals surface area contributed by atoms with Crippen LogP contribution in [0, 0.1) is 0 Å². The third-order valence-electron chi connectivity index (χ3n) is 2.57. The third-order valence-corrected chi connectivity index (χ3v) is 3.89. The Labute approximate surface area is 115 Å². The molecule has 0 bridgehead atoms. The fraction of sp³-hybridized carbons (Fsp3) is 0.182. The fourth-order valence-electron chi connectivity index (χ4n) is 1.55. The lowest BCUT2D eigenvalue weighted by atomic mass is 10.2. The minimum atomic E-state index is -3.84. The number of aryl methyl sites for hydroxylation is 1. The Morgan fingerprint density at radius 1 is 1.45 bits per heavy atom. The van der Waals surface area contributed by atoms with Gasteiger partial charge in [0.2, 0.25) is 0 Å². The van der Waals surface area contributed by atoms with Crippen molar-refractivity contribution in [1.82, 2.24) is 14.8 Å². The van der Waals surface area contributed by atoms with Gasteiger partial charge < -0.3 is 5.73 Å². The number of carbonyl (C=O) groups is 1. The van der Waals surface area contributed by atoms with Crippen molar-refractivity contribution in [2.45, 2.75) is 18.4 Å². The lowest BCUT2D eigenvalue weighted by Crippen LogP contribution is -2.18. The Hall–Kier alpha value is -2.42. The van der Waals surface area contributed by atoms with E-state index < -0.39 is 15.9 Å². The molecule has 0 saturated carbocycles. The normalized spacial score (nSPS) is 11.2. The minimum Gasteiger partial charge on any atom is -0.366 e. The molecule has 0 atom stereocenters. The number of rotatable bonds is 5. The lowest BCUT2D eigenvalue weighted by Gasteiger charge is -2.08. The predicted molar refractivity (Wildman–Crippen MR) is 71.5 cm³/mol. The zero-order chi connectivity index (χ0) is 14.8. The highest BCUT2D eigenvalue weighted by Gasteiger charge is 2.19. The number of hydrogen-bond donors (Lipinski definition) is 2. The second-order valence-electron chi connectivity index (χ2n) is 3.92. The van der Waals surface area contributed by atoms with E-state index in [0.717, 1.165) is 0 Å². The van der Waals surface area contributed by atoms with Crippen LogP contribution < -0.4 is 10.5 Å². The Kier molecular flexibility index (Phi) is 3.70. The molecule has 106 valence electrons. The maximum absolute atomic E-state index is 12.2. The third kappa shape index (κ3) is 2.77. The summed E-state index contributed by atoms with van der Waals surface area (Å²) in [5.41, 5.74) is 5.26. The standard InChI is InChI=1S/C11H13N5O3S/c1-2-16-7-8(5-14-16)20(18,19)15-10-6-13-4-3-9(10)11(12)17/h3-7,15H,2H2,1H3,(H2,12,17). The van der Waals surface area contributed by atoms with Gasteiger partial charge in [-0.05, 0) is 13.0 Å². The van der Waals surface area contributed by atoms with E-state index in [-0.39, 0.29) is 16.1 Å². The van der Waals surface area contributed by atoms with Crippen LogP contribution in [0.25, 0.3) is 0 Å². The van der Waals surface area contributed by atoms with E-state index in [1.807, 2.05) is 6.92 Å². The summed E-state index contributed by atoms with van der Waals surface area (Å²) >= 11 is 0. The number of nitrogens with two attached hydrogens (primary N) is 1. The van der Waals surface area contributed by atoms with E-state index in [1.165, 1.54) is 35.5 Å². The van der Waals surface area contributed by atoms with Crippen LogP contribution >= 0.6 is 0 Å². The number of anilines is 1. The molecule has 8 nitrogen and oxygen atoms in total. The maximum atomic E-state index is 12.2. The molecule has 9 heteroatoms. The van der Waals surface area contributed by atoms with Crippen LogP contribution in [0.4, 0.5) is 5.69 Å². The van der Waals surface area contributed by atoms with Gasteiger partial charge in [0.05, 0.1) is 23.6 Å². The number of hydrogen-bond acceptors (Lipinski definition) is 5. The predicted octanol–water partition coefficient (Wildman–Crippen LogP) is 0.198. The first-order valence-corrected chi connectivity index (χ1v) is 7.21. The van der Waals surface area contributed by atoms with Crippen molar-refractivity contribution in [3.05, 3.63) is 36.4 Å². The van der Waals surface area contributed by atoms with E-state index >= 15 is 0 Å². The van der Waals surface area contributed by atoms with Gasteiger partial charge in [0.1, 0.15) is 4.90 Å². The molecule has 20 heavy (non-hydrogen) atoms. The fourth-order valence-corrected chi connectivity index (χ4v) is 2.57. The van der Waals surface area contributed by atoms with Gasteiger partial charge in [-0.15, -0.1) is 0 Å². The second kappa shape index (κ2) is 5.29. The van der Waals surface area contributed by atoms with Crippen LogP contribution in [0.2, 0.25) is 0 Å². The summed E-state index contributed by atoms with van der Waals surface area (Å²) in [6, 6.07) is 1.34. The number of nitrogens with one attached hydrogen (secondary N) is 1. The Bertz CT molecular complexity index is 738. The molecule has 0 spiro atoms. The van der Waals surface area contributed by atoms with E-state index in [1.54, 1.807) is 0 Å². The first-order chi connectivity index (χ1) is 9.44. The summed E-state index contributed by atoms with van der Waals surface area (Å²) in [5.74, 6) is -0.741. The summed E-state index contributed by atoms with van der Waals surface area (Å²) in [4.78, 5) is 15.0. The molecular formula is C11H13N5O3S. The summed E-state index contributed by atoms with van der Waals surface area (Å²) in [6.45, 7) is 2.39. The molecule has 3 N–H and O–H groups in total. The van der Waals surface area contributed by atoms with Gasteiger partial charge in [-0.2, -0.15) is 5.10 Å². The van der Waals surface area contributed by atoms with Crippen molar-refractivity contribution in [2.75, 3.05) is 4.72 Å². The van der Waals surface area contributed by atoms with E-state index in [0.29, 0.717) is 6.54 Å². The molecule has 2 heterocycles. The van der Waals surface area contributed by atoms with Crippen LogP contribution in [0.1, 0.15) is 17.3 Å². The molecule has 0 aliphatic heterocycles. The average molecular weight is 295 g/mol. The molecule has 1 amide bonds. The van der Waals surface area contributed by atoms with Gasteiger partial charge >= 0.3 is 0 Å². The van der Waals surface area contributed by atoms with Crippen molar-refractivity contribution in [2.24, 2.45) is 5.73 Å². The zero-order valence-electron chi connectivity index (χ0n) is 10.6. The summed E-state index contributed by atoms with van der Waals surface area (Å²) < 4.78 is 28.1. The van der Waals surface area contributed by atoms with Gasteiger partial charge in [0, 0.05) is 18.9 Å². The number of pyridine rings is 1. The van der Waals surface area contributed by atoms with Gasteiger partial charge in [-0.3, -0.25) is 19.2 Å². The molecule has 2 aromatic heterocycles. The van der Waals surface area contributed by atoms with Crippen molar-refractivity contribution >= 4 is 21.6 Å². The van der Waals surface area contributed by atoms with Crippen LogP contribution in [0.3, 0.4) is 0 Å². The number of nitrogens with zero attached hydrogens (tertiary/aromatic N) is 3. The number of amides is 1. The van der Waals surface area contributed by atoms with Crippen molar-refractivity contribution < 1.29 is 13.2 Å².